The second-order valence-electron chi connectivity index (χ2n) is 3.65. The van der Waals surface area contributed by atoms with Crippen molar-refractivity contribution in [2.75, 3.05) is 0 Å². The van der Waals surface area contributed by atoms with Crippen LogP contribution in [0.1, 0.15) is 35.2 Å². The molecule has 1 aliphatic carbocycles. The van der Waals surface area contributed by atoms with Crippen LogP contribution in [0.2, 0.25) is 0 Å². The minimum Gasteiger partial charge on any atom is -0.364 e. The highest BCUT2D eigenvalue weighted by Crippen LogP contribution is 2.27. The average molecular weight is 180 g/mol. The van der Waals surface area contributed by atoms with E-state index in [1.54, 1.807) is 0 Å². The van der Waals surface area contributed by atoms with Gasteiger partial charge in [0, 0.05) is 12.0 Å². The van der Waals surface area contributed by atoms with Crippen molar-refractivity contribution in [2.24, 2.45) is 11.7 Å². The first-order valence-corrected chi connectivity index (χ1v) is 4.45. The van der Waals surface area contributed by atoms with Crippen LogP contribution in [-0.2, 0) is 12.8 Å². The van der Waals surface area contributed by atoms with E-state index in [0.717, 1.165) is 30.6 Å². The summed E-state index contributed by atoms with van der Waals surface area (Å²) < 4.78 is 5.05. The second kappa shape index (κ2) is 2.87. The average Bonchev–Trinajstić information content (AvgIpc) is 2.46. The minimum absolute atomic E-state index is 0.321. The third-order valence-electron chi connectivity index (χ3n) is 2.52. The molecule has 1 aromatic rings. The van der Waals surface area contributed by atoms with Gasteiger partial charge in [-0.05, 0) is 18.8 Å². The van der Waals surface area contributed by atoms with Gasteiger partial charge in [-0.2, -0.15) is 0 Å². The highest BCUT2D eigenvalue weighted by molar-refractivity contribution is 5.92. The van der Waals surface area contributed by atoms with Gasteiger partial charge in [-0.1, -0.05) is 12.1 Å². The summed E-state index contributed by atoms with van der Waals surface area (Å²) in [6.45, 7) is 2.15. The molecule has 1 heterocycles. The smallest absolute Gasteiger partial charge is 0.271 e. The normalized spacial score (nSPS) is 21.2. The molecule has 0 aliphatic heterocycles. The van der Waals surface area contributed by atoms with Crippen LogP contribution in [-0.4, -0.2) is 11.1 Å². The lowest BCUT2D eigenvalue weighted by Crippen LogP contribution is -2.17. The van der Waals surface area contributed by atoms with Crippen LogP contribution in [0.15, 0.2) is 4.52 Å². The Balaban J connectivity index is 2.41. The lowest BCUT2D eigenvalue weighted by molar-refractivity contribution is 0.0991. The molecule has 4 nitrogen and oxygen atoms in total. The van der Waals surface area contributed by atoms with E-state index >= 15 is 0 Å². The molecule has 0 spiro atoms. The Kier molecular flexibility index (Phi) is 1.83. The van der Waals surface area contributed by atoms with Gasteiger partial charge in [0.25, 0.3) is 5.91 Å². The van der Waals surface area contributed by atoms with Gasteiger partial charge in [-0.15, -0.1) is 0 Å². The molecule has 1 atom stereocenters. The predicted molar refractivity (Wildman–Crippen MR) is 46.2 cm³/mol. The maximum absolute atomic E-state index is 10.9. The van der Waals surface area contributed by atoms with E-state index in [9.17, 15) is 4.79 Å². The standard InChI is InChI=1S/C9H12N2O2/c1-5-2-3-7-6(4-5)8(9(10)12)11-13-7/h5H,2-4H2,1H3,(H2,10,12). The van der Waals surface area contributed by atoms with Crippen LogP contribution >= 0.6 is 0 Å². The molecular weight excluding hydrogens is 168 g/mol. The van der Waals surface area contributed by atoms with E-state index in [-0.39, 0.29) is 0 Å². The van der Waals surface area contributed by atoms with Crippen molar-refractivity contribution in [1.29, 1.82) is 0 Å². The molecule has 0 saturated heterocycles. The maximum atomic E-state index is 10.9. The van der Waals surface area contributed by atoms with E-state index in [1.165, 1.54) is 0 Å². The summed E-state index contributed by atoms with van der Waals surface area (Å²) in [7, 11) is 0. The lowest BCUT2D eigenvalue weighted by Gasteiger charge is -2.15. The molecule has 2 N–H and O–H groups in total. The molecule has 0 aromatic carbocycles. The molecule has 1 unspecified atom stereocenters. The van der Waals surface area contributed by atoms with Crippen molar-refractivity contribution in [3.63, 3.8) is 0 Å². The fourth-order valence-corrected chi connectivity index (χ4v) is 1.77. The topological polar surface area (TPSA) is 69.1 Å². The number of carbonyl (C=O) groups is 1. The maximum Gasteiger partial charge on any atom is 0.271 e. The summed E-state index contributed by atoms with van der Waals surface area (Å²) in [5.41, 5.74) is 6.41. The molecule has 1 amide bonds. The fourth-order valence-electron chi connectivity index (χ4n) is 1.77. The molecule has 0 bridgehead atoms. The van der Waals surface area contributed by atoms with Gasteiger partial charge in [-0.3, -0.25) is 4.79 Å². The van der Waals surface area contributed by atoms with Gasteiger partial charge < -0.3 is 10.3 Å². The predicted octanol–water partition coefficient (Wildman–Crippen LogP) is 0.898. The van der Waals surface area contributed by atoms with Gasteiger partial charge in [0.1, 0.15) is 5.76 Å². The number of fused-ring (bicyclic) bond motifs is 1. The molecule has 1 aromatic heterocycles. The molecule has 1 aliphatic rings. The van der Waals surface area contributed by atoms with Crippen molar-refractivity contribution in [1.82, 2.24) is 5.16 Å². The molecule has 13 heavy (non-hydrogen) atoms. The minimum atomic E-state index is -0.487. The summed E-state index contributed by atoms with van der Waals surface area (Å²) in [6.07, 6.45) is 2.83. The van der Waals surface area contributed by atoms with E-state index < -0.39 is 5.91 Å². The van der Waals surface area contributed by atoms with Crippen molar-refractivity contribution in [2.45, 2.75) is 26.2 Å². The van der Waals surface area contributed by atoms with Crippen LogP contribution in [0.4, 0.5) is 0 Å². The zero-order chi connectivity index (χ0) is 9.42. The summed E-state index contributed by atoms with van der Waals surface area (Å²) >= 11 is 0. The molecule has 70 valence electrons. The van der Waals surface area contributed by atoms with Crippen LogP contribution < -0.4 is 5.73 Å². The van der Waals surface area contributed by atoms with E-state index in [2.05, 4.69) is 12.1 Å². The highest BCUT2D eigenvalue weighted by atomic mass is 16.5. The van der Waals surface area contributed by atoms with Crippen LogP contribution in [0.3, 0.4) is 0 Å². The Morgan fingerprint density at radius 3 is 3.15 bits per heavy atom. The number of aryl methyl sites for hydroxylation is 1. The largest absolute Gasteiger partial charge is 0.364 e. The van der Waals surface area contributed by atoms with Crippen molar-refractivity contribution < 1.29 is 9.32 Å². The Labute approximate surface area is 76.1 Å². The molecule has 0 radical (unpaired) electrons. The fraction of sp³-hybridized carbons (Fsp3) is 0.556. The monoisotopic (exact) mass is 180 g/mol. The summed E-state index contributed by atoms with van der Waals surface area (Å²) in [6, 6.07) is 0. The van der Waals surface area contributed by atoms with E-state index in [4.69, 9.17) is 10.3 Å². The SMILES string of the molecule is CC1CCc2onc(C(N)=O)c2C1. The first kappa shape index (κ1) is 8.29. The van der Waals surface area contributed by atoms with Gasteiger partial charge in [0.05, 0.1) is 0 Å². The lowest BCUT2D eigenvalue weighted by atomic mass is 9.88. The van der Waals surface area contributed by atoms with E-state index in [0.29, 0.717) is 11.6 Å². The number of primary amides is 1. The van der Waals surface area contributed by atoms with Gasteiger partial charge in [-0.25, -0.2) is 0 Å². The number of hydrogen-bond donors (Lipinski definition) is 1. The number of carbonyl (C=O) groups excluding carboxylic acids is 1. The number of amides is 1. The van der Waals surface area contributed by atoms with Gasteiger partial charge in [0.2, 0.25) is 0 Å². The van der Waals surface area contributed by atoms with Gasteiger partial charge in [0.15, 0.2) is 5.69 Å². The number of rotatable bonds is 1. The number of nitrogens with two attached hydrogens (primary N) is 1. The Morgan fingerprint density at radius 1 is 1.69 bits per heavy atom. The quantitative estimate of drug-likeness (QED) is 0.698. The summed E-state index contributed by atoms with van der Waals surface area (Å²) in [4.78, 5) is 10.9. The Morgan fingerprint density at radius 2 is 2.46 bits per heavy atom. The number of aromatic nitrogens is 1. The van der Waals surface area contributed by atoms with Crippen molar-refractivity contribution >= 4 is 5.91 Å². The van der Waals surface area contributed by atoms with Crippen LogP contribution in [0, 0.1) is 5.92 Å². The number of hydrogen-bond acceptors (Lipinski definition) is 3. The molecule has 0 fully saturated rings. The number of nitrogens with zero attached hydrogens (tertiary/aromatic N) is 1. The molecule has 2 rings (SSSR count). The Hall–Kier alpha value is -1.32. The summed E-state index contributed by atoms with van der Waals surface area (Å²) in [5.74, 6) is 0.941. The highest BCUT2D eigenvalue weighted by Gasteiger charge is 2.25. The van der Waals surface area contributed by atoms with E-state index in [1.807, 2.05) is 0 Å². The van der Waals surface area contributed by atoms with Crippen molar-refractivity contribution in [3.05, 3.63) is 17.0 Å². The zero-order valence-electron chi connectivity index (χ0n) is 7.54. The molecule has 4 heteroatoms. The van der Waals surface area contributed by atoms with Crippen molar-refractivity contribution in [3.8, 4) is 0 Å². The Bertz CT molecular complexity index is 343. The van der Waals surface area contributed by atoms with Crippen LogP contribution in [0.25, 0.3) is 0 Å². The van der Waals surface area contributed by atoms with Gasteiger partial charge >= 0.3 is 0 Å². The zero-order valence-corrected chi connectivity index (χ0v) is 7.54. The third-order valence-corrected chi connectivity index (χ3v) is 2.52. The molecule has 0 saturated carbocycles. The first-order valence-electron chi connectivity index (χ1n) is 4.45. The molecular formula is C9H12N2O2. The second-order valence-corrected chi connectivity index (χ2v) is 3.65. The third kappa shape index (κ3) is 1.32. The first-order chi connectivity index (χ1) is 6.18. The summed E-state index contributed by atoms with van der Waals surface area (Å²) in [5, 5.41) is 3.68. The van der Waals surface area contributed by atoms with Crippen LogP contribution in [0.5, 0.6) is 0 Å².